The van der Waals surface area contributed by atoms with Gasteiger partial charge < -0.3 is 9.47 Å². The molecule has 0 unspecified atom stereocenters. The maximum Gasteiger partial charge on any atom is 0.349 e. The topological polar surface area (TPSA) is 84.9 Å². The summed E-state index contributed by atoms with van der Waals surface area (Å²) in [6, 6.07) is 1.42. The van der Waals surface area contributed by atoms with Gasteiger partial charge in [0.05, 0.1) is 20.3 Å². The molecule has 0 saturated carbocycles. The van der Waals surface area contributed by atoms with Crippen LogP contribution >= 0.6 is 11.3 Å². The van der Waals surface area contributed by atoms with Crippen LogP contribution in [0.2, 0.25) is 0 Å². The van der Waals surface area contributed by atoms with Crippen LogP contribution in [-0.4, -0.2) is 65.8 Å². The Balaban J connectivity index is 1.86. The third-order valence-corrected chi connectivity index (χ3v) is 5.86. The van der Waals surface area contributed by atoms with Crippen molar-refractivity contribution in [3.05, 3.63) is 16.3 Å². The minimum Gasteiger partial charge on any atom is -0.465 e. The van der Waals surface area contributed by atoms with Gasteiger partial charge in [0, 0.05) is 19.6 Å². The molecular weight excluding hydrogens is 328 g/mol. The lowest BCUT2D eigenvalue weighted by Gasteiger charge is -2.26. The van der Waals surface area contributed by atoms with Gasteiger partial charge >= 0.3 is 5.97 Å². The zero-order chi connectivity index (χ0) is 16.0. The maximum atomic E-state index is 12.2. The number of hydrogen-bond donors (Lipinski definition) is 1. The minimum absolute atomic E-state index is 0.0178. The van der Waals surface area contributed by atoms with Gasteiger partial charge in [-0.15, -0.1) is 11.3 Å². The van der Waals surface area contributed by atoms with Crippen molar-refractivity contribution in [1.29, 1.82) is 0 Å². The van der Waals surface area contributed by atoms with E-state index in [1.54, 1.807) is 5.38 Å². The fourth-order valence-electron chi connectivity index (χ4n) is 2.16. The molecule has 124 valence electrons. The molecule has 0 aliphatic carbocycles. The second-order valence-electron chi connectivity index (χ2n) is 4.81. The number of ether oxygens (including phenoxy) is 2. The van der Waals surface area contributed by atoms with E-state index < -0.39 is 16.0 Å². The largest absolute Gasteiger partial charge is 0.465 e. The molecule has 0 spiro atoms. The average Bonchev–Trinajstić information content (AvgIpc) is 3.02. The molecule has 1 aliphatic rings. The van der Waals surface area contributed by atoms with Gasteiger partial charge in [-0.25, -0.2) is 17.9 Å². The Bertz CT molecular complexity index is 593. The second kappa shape index (κ2) is 8.02. The number of carbonyl (C=O) groups is 1. The molecule has 1 aliphatic heterocycles. The summed E-state index contributed by atoms with van der Waals surface area (Å²) in [5.41, 5.74) is 0. The number of esters is 1. The Morgan fingerprint density at radius 1 is 1.45 bits per heavy atom. The number of methoxy groups -OCH3 is 1. The minimum atomic E-state index is -3.69. The van der Waals surface area contributed by atoms with Crippen molar-refractivity contribution in [2.75, 3.05) is 46.5 Å². The smallest absolute Gasteiger partial charge is 0.349 e. The highest BCUT2D eigenvalue weighted by atomic mass is 32.2. The number of carbonyl (C=O) groups excluding carboxylic acids is 1. The summed E-state index contributed by atoms with van der Waals surface area (Å²) in [7, 11) is -2.46. The highest BCUT2D eigenvalue weighted by Gasteiger charge is 2.24. The zero-order valence-electron chi connectivity index (χ0n) is 12.4. The lowest BCUT2D eigenvalue weighted by molar-refractivity contribution is 0.0376. The Morgan fingerprint density at radius 3 is 2.86 bits per heavy atom. The summed E-state index contributed by atoms with van der Waals surface area (Å²) < 4.78 is 36.9. The van der Waals surface area contributed by atoms with Crippen molar-refractivity contribution < 1.29 is 22.7 Å². The lowest BCUT2D eigenvalue weighted by atomic mass is 10.3. The highest BCUT2D eigenvalue weighted by Crippen LogP contribution is 2.22. The predicted octanol–water partition coefficient (Wildman–Crippen LogP) is 0.535. The Labute approximate surface area is 134 Å². The summed E-state index contributed by atoms with van der Waals surface area (Å²) in [5.74, 6) is -0.635. The van der Waals surface area contributed by atoms with Crippen LogP contribution in [0.15, 0.2) is 16.3 Å². The lowest BCUT2D eigenvalue weighted by Crippen LogP contribution is -2.38. The first-order chi connectivity index (χ1) is 10.5. The second-order valence-corrected chi connectivity index (χ2v) is 7.46. The van der Waals surface area contributed by atoms with Gasteiger partial charge in [0.1, 0.15) is 9.77 Å². The molecule has 1 fully saturated rings. The number of thiophene rings is 1. The van der Waals surface area contributed by atoms with Gasteiger partial charge in [0.25, 0.3) is 0 Å². The van der Waals surface area contributed by atoms with E-state index in [-0.39, 0.29) is 9.77 Å². The molecule has 1 aromatic heterocycles. The van der Waals surface area contributed by atoms with Crippen LogP contribution in [0.25, 0.3) is 0 Å². The molecule has 22 heavy (non-hydrogen) atoms. The van der Waals surface area contributed by atoms with Crippen LogP contribution in [0.4, 0.5) is 0 Å². The molecule has 2 heterocycles. The molecule has 0 bridgehead atoms. The quantitative estimate of drug-likeness (QED) is 0.572. The predicted molar refractivity (Wildman–Crippen MR) is 82.7 cm³/mol. The summed E-state index contributed by atoms with van der Waals surface area (Å²) in [6.07, 6.45) is 0.705. The molecule has 0 amide bonds. The zero-order valence-corrected chi connectivity index (χ0v) is 14.0. The monoisotopic (exact) mass is 348 g/mol. The summed E-state index contributed by atoms with van der Waals surface area (Å²) in [5, 5.41) is 1.56. The van der Waals surface area contributed by atoms with Gasteiger partial charge in [0.15, 0.2) is 0 Å². The Morgan fingerprint density at radius 2 is 2.18 bits per heavy atom. The standard InChI is InChI=1S/C13H20N2O5S2/c1-19-13(16)12-11(3-10-21-12)22(17,18)14-4-2-5-15-6-8-20-9-7-15/h3,10,14H,2,4-9H2,1H3. The summed E-state index contributed by atoms with van der Waals surface area (Å²) in [4.78, 5) is 13.9. The number of nitrogens with zero attached hydrogens (tertiary/aromatic N) is 1. The number of rotatable bonds is 7. The van der Waals surface area contributed by atoms with Crippen molar-refractivity contribution in [3.8, 4) is 0 Å². The molecular formula is C13H20N2O5S2. The summed E-state index contributed by atoms with van der Waals surface area (Å²) in [6.45, 7) is 4.36. The average molecular weight is 348 g/mol. The maximum absolute atomic E-state index is 12.2. The van der Waals surface area contributed by atoms with E-state index in [0.29, 0.717) is 13.0 Å². The third-order valence-electron chi connectivity index (χ3n) is 3.34. The molecule has 1 N–H and O–H groups in total. The van der Waals surface area contributed by atoms with E-state index >= 15 is 0 Å². The Kier molecular flexibility index (Phi) is 6.33. The normalized spacial score (nSPS) is 16.6. The van der Waals surface area contributed by atoms with Gasteiger partial charge in [-0.05, 0) is 24.4 Å². The van der Waals surface area contributed by atoms with E-state index in [2.05, 4.69) is 14.4 Å². The van der Waals surface area contributed by atoms with E-state index in [0.717, 1.165) is 44.2 Å². The van der Waals surface area contributed by atoms with E-state index in [9.17, 15) is 13.2 Å². The van der Waals surface area contributed by atoms with Crippen LogP contribution < -0.4 is 4.72 Å². The van der Waals surface area contributed by atoms with Crippen molar-refractivity contribution in [2.24, 2.45) is 0 Å². The Hall–Kier alpha value is -1.00. The van der Waals surface area contributed by atoms with Crippen LogP contribution in [-0.2, 0) is 19.5 Å². The van der Waals surface area contributed by atoms with Gasteiger partial charge in [-0.2, -0.15) is 0 Å². The fourth-order valence-corrected chi connectivity index (χ4v) is 4.57. The van der Waals surface area contributed by atoms with Crippen LogP contribution in [0.3, 0.4) is 0 Å². The third kappa shape index (κ3) is 4.50. The molecule has 0 aromatic carbocycles. The van der Waals surface area contributed by atoms with Crippen LogP contribution in [0.1, 0.15) is 16.1 Å². The number of nitrogens with one attached hydrogen (secondary N) is 1. The SMILES string of the molecule is COC(=O)c1sccc1S(=O)(=O)NCCCN1CCOCC1. The van der Waals surface area contributed by atoms with Gasteiger partial charge in [-0.3, -0.25) is 4.90 Å². The van der Waals surface area contributed by atoms with E-state index in [1.807, 2.05) is 0 Å². The first-order valence-electron chi connectivity index (χ1n) is 7.00. The van der Waals surface area contributed by atoms with Gasteiger partial charge in [0.2, 0.25) is 10.0 Å². The van der Waals surface area contributed by atoms with E-state index in [4.69, 9.17) is 4.74 Å². The molecule has 0 atom stereocenters. The van der Waals surface area contributed by atoms with Crippen LogP contribution in [0, 0.1) is 0 Å². The molecule has 1 saturated heterocycles. The molecule has 9 heteroatoms. The van der Waals surface area contributed by atoms with Crippen LogP contribution in [0.5, 0.6) is 0 Å². The van der Waals surface area contributed by atoms with E-state index in [1.165, 1.54) is 13.2 Å². The fraction of sp³-hybridized carbons (Fsp3) is 0.615. The molecule has 1 aromatic rings. The first kappa shape index (κ1) is 17.4. The molecule has 0 radical (unpaired) electrons. The highest BCUT2D eigenvalue weighted by molar-refractivity contribution is 7.89. The molecule has 2 rings (SSSR count). The van der Waals surface area contributed by atoms with Crippen molar-refractivity contribution in [3.63, 3.8) is 0 Å². The molecule has 7 nitrogen and oxygen atoms in total. The number of hydrogen-bond acceptors (Lipinski definition) is 7. The summed E-state index contributed by atoms with van der Waals surface area (Å²) >= 11 is 1.06. The van der Waals surface area contributed by atoms with Crippen molar-refractivity contribution >= 4 is 27.3 Å². The number of sulfonamides is 1. The van der Waals surface area contributed by atoms with Gasteiger partial charge in [-0.1, -0.05) is 0 Å². The number of morpholine rings is 1. The van der Waals surface area contributed by atoms with Crippen molar-refractivity contribution in [2.45, 2.75) is 11.3 Å². The van der Waals surface area contributed by atoms with Crippen molar-refractivity contribution in [1.82, 2.24) is 9.62 Å². The first-order valence-corrected chi connectivity index (χ1v) is 9.36.